The van der Waals surface area contributed by atoms with Crippen LogP contribution in [0.15, 0.2) is 18.2 Å². The fourth-order valence-corrected chi connectivity index (χ4v) is 1.84. The van der Waals surface area contributed by atoms with Gasteiger partial charge in [0.1, 0.15) is 5.75 Å². The van der Waals surface area contributed by atoms with Crippen LogP contribution in [0.1, 0.15) is 18.9 Å². The van der Waals surface area contributed by atoms with Crippen LogP contribution in [0.25, 0.3) is 0 Å². The minimum atomic E-state index is -0.0594. The summed E-state index contributed by atoms with van der Waals surface area (Å²) in [5.74, 6) is 0.566. The number of amides is 1. The minimum absolute atomic E-state index is 0.0322. The number of halogens is 1. The van der Waals surface area contributed by atoms with Crippen LogP contribution >= 0.6 is 11.6 Å². The first kappa shape index (κ1) is 14.8. The van der Waals surface area contributed by atoms with Gasteiger partial charge in [-0.3, -0.25) is 4.79 Å². The molecule has 0 bridgehead atoms. The van der Waals surface area contributed by atoms with Crippen LogP contribution in [0.2, 0.25) is 5.02 Å². The van der Waals surface area contributed by atoms with E-state index in [0.717, 1.165) is 5.56 Å². The first-order valence-corrected chi connectivity index (χ1v) is 6.28. The van der Waals surface area contributed by atoms with E-state index < -0.39 is 0 Å². The van der Waals surface area contributed by atoms with Gasteiger partial charge in [0.15, 0.2) is 0 Å². The topological polar surface area (TPSA) is 64.3 Å². The zero-order valence-corrected chi connectivity index (χ0v) is 11.5. The summed E-state index contributed by atoms with van der Waals surface area (Å²) >= 11 is 6.10. The number of carbonyl (C=O) groups is 1. The van der Waals surface area contributed by atoms with Crippen molar-refractivity contribution in [3.8, 4) is 5.75 Å². The largest absolute Gasteiger partial charge is 0.491 e. The van der Waals surface area contributed by atoms with Crippen molar-refractivity contribution >= 4 is 17.5 Å². The molecule has 3 N–H and O–H groups in total. The van der Waals surface area contributed by atoms with Crippen LogP contribution in [-0.2, 0) is 11.2 Å². The van der Waals surface area contributed by atoms with Gasteiger partial charge in [-0.2, -0.15) is 0 Å². The maximum absolute atomic E-state index is 11.1. The van der Waals surface area contributed by atoms with E-state index in [2.05, 4.69) is 5.32 Å². The smallest absolute Gasteiger partial charge is 0.223 e. The van der Waals surface area contributed by atoms with Crippen LogP contribution in [0.3, 0.4) is 0 Å². The van der Waals surface area contributed by atoms with E-state index in [9.17, 15) is 4.79 Å². The summed E-state index contributed by atoms with van der Waals surface area (Å²) < 4.78 is 5.59. The highest BCUT2D eigenvalue weighted by atomic mass is 35.5. The lowest BCUT2D eigenvalue weighted by atomic mass is 10.1. The van der Waals surface area contributed by atoms with E-state index in [0.29, 0.717) is 30.2 Å². The number of benzene rings is 1. The Bertz CT molecular complexity index is 408. The summed E-state index contributed by atoms with van der Waals surface area (Å²) in [5, 5.41) is 3.09. The molecule has 100 valence electrons. The molecule has 4 nitrogen and oxygen atoms in total. The fourth-order valence-electron chi connectivity index (χ4n) is 1.59. The Morgan fingerprint density at radius 3 is 2.89 bits per heavy atom. The van der Waals surface area contributed by atoms with Crippen molar-refractivity contribution in [2.45, 2.75) is 25.8 Å². The molecule has 0 aromatic heterocycles. The lowest BCUT2D eigenvalue weighted by molar-refractivity contribution is -0.121. The Kier molecular flexibility index (Phi) is 5.95. The molecule has 0 fully saturated rings. The SMILES string of the molecule is CNC(=O)CCOc1c(Cl)cccc1CC(C)N. The standard InChI is InChI=1S/C13H19ClN2O2/c1-9(15)8-10-4-3-5-11(14)13(10)18-7-6-12(17)16-2/h3-5,9H,6-8,15H2,1-2H3,(H,16,17). The van der Waals surface area contributed by atoms with Crippen LogP contribution < -0.4 is 15.8 Å². The lowest BCUT2D eigenvalue weighted by Crippen LogP contribution is -2.21. The number of nitrogens with two attached hydrogens (primary N) is 1. The Labute approximate surface area is 112 Å². The second-order valence-corrected chi connectivity index (χ2v) is 4.59. The quantitative estimate of drug-likeness (QED) is 0.828. The molecule has 1 aromatic carbocycles. The van der Waals surface area contributed by atoms with Gasteiger partial charge in [0, 0.05) is 13.1 Å². The molecular formula is C13H19ClN2O2. The highest BCUT2D eigenvalue weighted by Gasteiger charge is 2.10. The van der Waals surface area contributed by atoms with Crippen LogP contribution in [-0.4, -0.2) is 25.6 Å². The van der Waals surface area contributed by atoms with E-state index in [1.165, 1.54) is 0 Å². The summed E-state index contributed by atoms with van der Waals surface area (Å²) in [6.45, 7) is 2.23. The van der Waals surface area contributed by atoms with Gasteiger partial charge in [0.25, 0.3) is 0 Å². The third kappa shape index (κ3) is 4.55. The zero-order chi connectivity index (χ0) is 13.5. The normalized spacial score (nSPS) is 12.0. The summed E-state index contributed by atoms with van der Waals surface area (Å²) in [7, 11) is 1.60. The molecule has 0 aliphatic heterocycles. The summed E-state index contributed by atoms with van der Waals surface area (Å²) in [6.07, 6.45) is 0.995. The van der Waals surface area contributed by atoms with Gasteiger partial charge in [-0.15, -0.1) is 0 Å². The predicted octanol–water partition coefficient (Wildman–Crippen LogP) is 1.74. The average Bonchev–Trinajstić information content (AvgIpc) is 2.31. The van der Waals surface area contributed by atoms with Gasteiger partial charge in [0.05, 0.1) is 18.1 Å². The third-order valence-electron chi connectivity index (χ3n) is 2.44. The van der Waals surface area contributed by atoms with Crippen molar-refractivity contribution < 1.29 is 9.53 Å². The zero-order valence-electron chi connectivity index (χ0n) is 10.7. The van der Waals surface area contributed by atoms with E-state index >= 15 is 0 Å². The Balaban J connectivity index is 2.70. The molecule has 0 saturated carbocycles. The second kappa shape index (κ2) is 7.24. The average molecular weight is 271 g/mol. The molecule has 0 spiro atoms. The van der Waals surface area contributed by atoms with Gasteiger partial charge in [-0.25, -0.2) is 0 Å². The number of rotatable bonds is 6. The lowest BCUT2D eigenvalue weighted by Gasteiger charge is -2.14. The third-order valence-corrected chi connectivity index (χ3v) is 2.74. The molecule has 0 aliphatic rings. The van der Waals surface area contributed by atoms with E-state index in [1.807, 2.05) is 19.1 Å². The molecule has 1 unspecified atom stereocenters. The van der Waals surface area contributed by atoms with Gasteiger partial charge in [-0.05, 0) is 25.0 Å². The minimum Gasteiger partial charge on any atom is -0.491 e. The van der Waals surface area contributed by atoms with Crippen molar-refractivity contribution in [3.63, 3.8) is 0 Å². The highest BCUT2D eigenvalue weighted by molar-refractivity contribution is 6.32. The van der Waals surface area contributed by atoms with Crippen LogP contribution in [0.5, 0.6) is 5.75 Å². The maximum atomic E-state index is 11.1. The number of hydrogen-bond donors (Lipinski definition) is 2. The monoisotopic (exact) mass is 270 g/mol. The van der Waals surface area contributed by atoms with Crippen molar-refractivity contribution in [2.75, 3.05) is 13.7 Å². The molecule has 0 aliphatic carbocycles. The first-order valence-electron chi connectivity index (χ1n) is 5.91. The Morgan fingerprint density at radius 2 is 2.28 bits per heavy atom. The molecule has 5 heteroatoms. The molecular weight excluding hydrogens is 252 g/mol. The number of carbonyl (C=O) groups excluding carboxylic acids is 1. The van der Waals surface area contributed by atoms with E-state index in [1.54, 1.807) is 13.1 Å². The van der Waals surface area contributed by atoms with E-state index in [4.69, 9.17) is 22.1 Å². The number of hydrogen-bond acceptors (Lipinski definition) is 3. The molecule has 1 amide bonds. The summed E-state index contributed by atoms with van der Waals surface area (Å²) in [6, 6.07) is 5.60. The maximum Gasteiger partial charge on any atom is 0.223 e. The van der Waals surface area contributed by atoms with Gasteiger partial charge < -0.3 is 15.8 Å². The Morgan fingerprint density at radius 1 is 1.56 bits per heavy atom. The first-order chi connectivity index (χ1) is 8.54. The van der Waals surface area contributed by atoms with Crippen LogP contribution in [0, 0.1) is 0 Å². The van der Waals surface area contributed by atoms with Crippen molar-refractivity contribution in [3.05, 3.63) is 28.8 Å². The highest BCUT2D eigenvalue weighted by Crippen LogP contribution is 2.29. The van der Waals surface area contributed by atoms with E-state index in [-0.39, 0.29) is 11.9 Å². The molecule has 1 atom stereocenters. The fraction of sp³-hybridized carbons (Fsp3) is 0.462. The van der Waals surface area contributed by atoms with Gasteiger partial charge >= 0.3 is 0 Å². The number of para-hydroxylation sites is 1. The predicted molar refractivity (Wildman–Crippen MR) is 73.0 cm³/mol. The molecule has 18 heavy (non-hydrogen) atoms. The Hall–Kier alpha value is -1.26. The van der Waals surface area contributed by atoms with Gasteiger partial charge in [0.2, 0.25) is 5.91 Å². The van der Waals surface area contributed by atoms with Crippen molar-refractivity contribution in [2.24, 2.45) is 5.73 Å². The molecule has 0 saturated heterocycles. The van der Waals surface area contributed by atoms with Crippen molar-refractivity contribution in [1.29, 1.82) is 0 Å². The summed E-state index contributed by atoms with van der Waals surface area (Å²) in [5.41, 5.74) is 6.75. The van der Waals surface area contributed by atoms with Crippen molar-refractivity contribution in [1.82, 2.24) is 5.32 Å². The van der Waals surface area contributed by atoms with Gasteiger partial charge in [-0.1, -0.05) is 23.7 Å². The molecule has 1 rings (SSSR count). The number of nitrogens with one attached hydrogen (secondary N) is 1. The summed E-state index contributed by atoms with van der Waals surface area (Å²) in [4.78, 5) is 11.1. The second-order valence-electron chi connectivity index (χ2n) is 4.18. The molecule has 0 radical (unpaired) electrons. The number of ether oxygens (including phenoxy) is 1. The van der Waals surface area contributed by atoms with Crippen LogP contribution in [0.4, 0.5) is 0 Å². The molecule has 0 heterocycles. The molecule has 1 aromatic rings.